The second-order valence-corrected chi connectivity index (χ2v) is 3.64. The highest BCUT2D eigenvalue weighted by Gasteiger charge is 2.29. The van der Waals surface area contributed by atoms with Crippen LogP contribution in [0.15, 0.2) is 29.3 Å². The van der Waals surface area contributed by atoms with Gasteiger partial charge in [-0.1, -0.05) is 0 Å². The summed E-state index contributed by atoms with van der Waals surface area (Å²) in [4.78, 5) is 3.89. The summed E-state index contributed by atoms with van der Waals surface area (Å²) in [6, 6.07) is 4.85. The van der Waals surface area contributed by atoms with Gasteiger partial charge in [-0.3, -0.25) is 0 Å². The molecule has 91 valence electrons. The Bertz CT molecular complexity index is 400. The lowest BCUT2D eigenvalue weighted by Crippen LogP contribution is -2.19. The molecule has 0 aliphatic carbocycles. The number of aliphatic imine (C=N–C) groups is 1. The van der Waals surface area contributed by atoms with Gasteiger partial charge in [0.15, 0.2) is 0 Å². The van der Waals surface area contributed by atoms with Gasteiger partial charge in [-0.2, -0.15) is 13.2 Å². The first-order chi connectivity index (χ1) is 8.05. The number of nitrogens with one attached hydrogen (secondary N) is 1. The number of benzene rings is 1. The van der Waals surface area contributed by atoms with Gasteiger partial charge in [0.25, 0.3) is 6.40 Å². The summed E-state index contributed by atoms with van der Waals surface area (Å²) in [5.41, 5.74) is -0.0290. The molecule has 1 aliphatic rings. The van der Waals surface area contributed by atoms with Crippen molar-refractivity contribution >= 4 is 12.1 Å². The van der Waals surface area contributed by atoms with Gasteiger partial charge in [0.1, 0.15) is 12.6 Å². The van der Waals surface area contributed by atoms with E-state index < -0.39 is 11.7 Å². The zero-order valence-electron chi connectivity index (χ0n) is 8.79. The van der Waals surface area contributed by atoms with E-state index in [0.717, 1.165) is 12.1 Å². The fourth-order valence-electron chi connectivity index (χ4n) is 1.40. The minimum Gasteiger partial charge on any atom is -0.472 e. The number of hydrogen-bond donors (Lipinski definition) is 1. The molecule has 0 aromatic heterocycles. The normalized spacial score (nSPS) is 19.1. The monoisotopic (exact) mass is 243 g/mol. The highest BCUT2D eigenvalue weighted by Crippen LogP contribution is 2.29. The highest BCUT2D eigenvalue weighted by atomic mass is 19.4. The van der Waals surface area contributed by atoms with Crippen LogP contribution in [-0.4, -0.2) is 25.6 Å². The molecule has 6 heteroatoms. The number of alkyl halides is 3. The maximum absolute atomic E-state index is 12.3. The smallest absolute Gasteiger partial charge is 0.416 e. The molecule has 17 heavy (non-hydrogen) atoms. The van der Waals surface area contributed by atoms with Crippen molar-refractivity contribution in [2.45, 2.75) is 12.2 Å². The van der Waals surface area contributed by atoms with Crippen molar-refractivity contribution in [2.75, 3.05) is 18.5 Å². The largest absolute Gasteiger partial charge is 0.472 e. The molecule has 1 heterocycles. The van der Waals surface area contributed by atoms with Crippen LogP contribution in [0.4, 0.5) is 18.9 Å². The molecule has 2 rings (SSSR count). The Labute approximate surface area is 96.3 Å². The van der Waals surface area contributed by atoms with Crippen molar-refractivity contribution in [3.05, 3.63) is 29.8 Å². The van der Waals surface area contributed by atoms with Crippen molar-refractivity contribution in [1.29, 1.82) is 0 Å². The van der Waals surface area contributed by atoms with Crippen LogP contribution in [-0.2, 0) is 10.9 Å². The first-order valence-electron chi connectivity index (χ1n) is 5.03. The highest BCUT2D eigenvalue weighted by molar-refractivity contribution is 5.50. The molecular formula is C11H10F3N2O. The lowest BCUT2D eigenvalue weighted by Gasteiger charge is -2.10. The second-order valence-electron chi connectivity index (χ2n) is 3.64. The van der Waals surface area contributed by atoms with Gasteiger partial charge in [0.2, 0.25) is 0 Å². The van der Waals surface area contributed by atoms with E-state index >= 15 is 0 Å². The summed E-state index contributed by atoms with van der Waals surface area (Å²) in [6.07, 6.45) is -1.92. The Morgan fingerprint density at radius 3 is 2.59 bits per heavy atom. The summed E-state index contributed by atoms with van der Waals surface area (Å²) in [5, 5.41) is 2.98. The Balaban J connectivity index is 1.91. The number of hydrogen-bond acceptors (Lipinski definition) is 3. The van der Waals surface area contributed by atoms with Gasteiger partial charge >= 0.3 is 6.18 Å². The van der Waals surface area contributed by atoms with E-state index in [1.54, 1.807) is 0 Å². The van der Waals surface area contributed by atoms with Crippen molar-refractivity contribution in [3.63, 3.8) is 0 Å². The topological polar surface area (TPSA) is 33.6 Å². The Kier molecular flexibility index (Phi) is 3.21. The number of halogens is 3. The minimum atomic E-state index is -4.29. The van der Waals surface area contributed by atoms with Gasteiger partial charge in [0, 0.05) is 12.2 Å². The summed E-state index contributed by atoms with van der Waals surface area (Å²) >= 11 is 0. The molecule has 1 aliphatic heterocycles. The first-order valence-corrected chi connectivity index (χ1v) is 5.03. The lowest BCUT2D eigenvalue weighted by atomic mass is 10.2. The molecule has 1 atom stereocenters. The minimum absolute atomic E-state index is 0.0303. The fourth-order valence-corrected chi connectivity index (χ4v) is 1.40. The average molecular weight is 243 g/mol. The number of rotatable bonds is 3. The molecule has 0 amide bonds. The number of nitrogens with zero attached hydrogens (tertiary/aromatic N) is 1. The van der Waals surface area contributed by atoms with E-state index in [9.17, 15) is 13.2 Å². The quantitative estimate of drug-likeness (QED) is 0.884. The van der Waals surface area contributed by atoms with Gasteiger partial charge in [-0.05, 0) is 24.3 Å². The van der Waals surface area contributed by atoms with E-state index in [0.29, 0.717) is 18.8 Å². The maximum atomic E-state index is 12.3. The standard InChI is InChI=1S/C11H10F3N2O/c12-11(13,14)8-1-3-9(4-2-8)15-5-10-6-17-7-16-10/h1-4,10,15H,5-6H2. The lowest BCUT2D eigenvalue weighted by molar-refractivity contribution is -0.137. The zero-order valence-corrected chi connectivity index (χ0v) is 8.79. The van der Waals surface area contributed by atoms with E-state index in [1.807, 2.05) is 0 Å². The fraction of sp³-hybridized carbons (Fsp3) is 0.364. The van der Waals surface area contributed by atoms with Crippen LogP contribution in [0.2, 0.25) is 0 Å². The SMILES string of the molecule is FC(F)(F)c1ccc(NCC2CO[C]=N2)cc1. The van der Waals surface area contributed by atoms with Gasteiger partial charge in [-0.25, -0.2) is 4.99 Å². The van der Waals surface area contributed by atoms with Gasteiger partial charge in [0.05, 0.1) is 5.56 Å². The maximum Gasteiger partial charge on any atom is 0.416 e. The summed E-state index contributed by atoms with van der Waals surface area (Å²) < 4.78 is 41.7. The van der Waals surface area contributed by atoms with E-state index in [4.69, 9.17) is 4.74 Å². The molecule has 3 nitrogen and oxygen atoms in total. The molecular weight excluding hydrogens is 233 g/mol. The van der Waals surface area contributed by atoms with Crippen LogP contribution in [0.1, 0.15) is 5.56 Å². The third-order valence-electron chi connectivity index (χ3n) is 2.33. The Hall–Kier alpha value is -1.72. The van der Waals surface area contributed by atoms with E-state index in [2.05, 4.69) is 16.7 Å². The Morgan fingerprint density at radius 1 is 1.35 bits per heavy atom. The molecule has 1 radical (unpaired) electrons. The molecule has 1 aromatic rings. The summed E-state index contributed by atoms with van der Waals surface area (Å²) in [5.74, 6) is 0. The van der Waals surface area contributed by atoms with Crippen molar-refractivity contribution < 1.29 is 17.9 Å². The van der Waals surface area contributed by atoms with E-state index in [-0.39, 0.29) is 6.04 Å². The third-order valence-corrected chi connectivity index (χ3v) is 2.33. The van der Waals surface area contributed by atoms with Crippen molar-refractivity contribution in [3.8, 4) is 0 Å². The third kappa shape index (κ3) is 3.12. The van der Waals surface area contributed by atoms with Crippen LogP contribution in [0.25, 0.3) is 0 Å². The number of anilines is 1. The molecule has 0 bridgehead atoms. The molecule has 0 saturated heterocycles. The summed E-state index contributed by atoms with van der Waals surface area (Å²) in [7, 11) is 0. The molecule has 0 fully saturated rings. The predicted molar refractivity (Wildman–Crippen MR) is 57.1 cm³/mol. The molecule has 1 unspecified atom stereocenters. The second kappa shape index (κ2) is 4.65. The van der Waals surface area contributed by atoms with Crippen LogP contribution in [0.5, 0.6) is 0 Å². The Morgan fingerprint density at radius 2 is 2.06 bits per heavy atom. The van der Waals surface area contributed by atoms with Crippen molar-refractivity contribution in [1.82, 2.24) is 0 Å². The zero-order chi connectivity index (χ0) is 12.3. The van der Waals surface area contributed by atoms with E-state index in [1.165, 1.54) is 12.1 Å². The van der Waals surface area contributed by atoms with Gasteiger partial charge < -0.3 is 10.1 Å². The van der Waals surface area contributed by atoms with Crippen molar-refractivity contribution in [2.24, 2.45) is 4.99 Å². The molecule has 1 N–H and O–H groups in total. The molecule has 1 aromatic carbocycles. The number of ether oxygens (including phenoxy) is 1. The van der Waals surface area contributed by atoms with Gasteiger partial charge in [-0.15, -0.1) is 0 Å². The molecule has 0 saturated carbocycles. The van der Waals surface area contributed by atoms with Crippen LogP contribution in [0, 0.1) is 0 Å². The molecule has 0 spiro atoms. The van der Waals surface area contributed by atoms with Crippen LogP contribution in [0.3, 0.4) is 0 Å². The first kappa shape index (κ1) is 11.8. The summed E-state index contributed by atoms with van der Waals surface area (Å²) in [6.45, 7) is 0.964. The van der Waals surface area contributed by atoms with Crippen LogP contribution < -0.4 is 5.32 Å². The predicted octanol–water partition coefficient (Wildman–Crippen LogP) is 2.42. The van der Waals surface area contributed by atoms with Crippen LogP contribution >= 0.6 is 0 Å². The average Bonchev–Trinajstić information content (AvgIpc) is 2.78.